The van der Waals surface area contributed by atoms with Crippen molar-refractivity contribution >= 4 is 22.0 Å². The largest absolute Gasteiger partial charge is 0.444 e. The summed E-state index contributed by atoms with van der Waals surface area (Å²) >= 11 is 3.68. The average molecular weight is 438 g/mol. The highest BCUT2D eigenvalue weighted by molar-refractivity contribution is 9.10. The van der Waals surface area contributed by atoms with Gasteiger partial charge < -0.3 is 14.2 Å². The molecule has 1 fully saturated rings. The fraction of sp³-hybridized carbons (Fsp3) is 0.500. The van der Waals surface area contributed by atoms with Crippen molar-refractivity contribution in [1.82, 2.24) is 14.5 Å². The first-order valence-corrected chi connectivity index (χ1v) is 9.93. The zero-order chi connectivity index (χ0) is 19.8. The Morgan fingerprint density at radius 3 is 2.37 bits per heavy atom. The highest BCUT2D eigenvalue weighted by atomic mass is 79.9. The number of amides is 1. The fourth-order valence-corrected chi connectivity index (χ4v) is 4.23. The second-order valence-corrected chi connectivity index (χ2v) is 8.63. The first-order chi connectivity index (χ1) is 12.7. The maximum atomic E-state index is 13.2. The molecule has 2 heterocycles. The number of piperidine rings is 1. The maximum Gasteiger partial charge on any atom is 0.410 e. The smallest absolute Gasteiger partial charge is 0.410 e. The van der Waals surface area contributed by atoms with Crippen molar-refractivity contribution in [3.05, 3.63) is 40.5 Å². The molecule has 1 aromatic carbocycles. The zero-order valence-corrected chi connectivity index (χ0v) is 17.7. The van der Waals surface area contributed by atoms with Gasteiger partial charge in [0, 0.05) is 24.7 Å². The van der Waals surface area contributed by atoms with Gasteiger partial charge in [-0.05, 0) is 80.7 Å². The summed E-state index contributed by atoms with van der Waals surface area (Å²) in [5, 5.41) is 0. The molecule has 0 aliphatic carbocycles. The summed E-state index contributed by atoms with van der Waals surface area (Å²) in [5.41, 5.74) is 1.19. The Morgan fingerprint density at radius 2 is 1.81 bits per heavy atom. The van der Waals surface area contributed by atoms with E-state index in [2.05, 4.69) is 25.5 Å². The van der Waals surface area contributed by atoms with Gasteiger partial charge in [-0.3, -0.25) is 0 Å². The van der Waals surface area contributed by atoms with Crippen molar-refractivity contribution < 1.29 is 13.9 Å². The summed E-state index contributed by atoms with van der Waals surface area (Å²) in [4.78, 5) is 18.7. The molecule has 0 unspecified atom stereocenters. The van der Waals surface area contributed by atoms with Crippen molar-refractivity contribution in [2.24, 2.45) is 0 Å². The van der Waals surface area contributed by atoms with Gasteiger partial charge in [0.25, 0.3) is 0 Å². The Morgan fingerprint density at radius 1 is 1.22 bits per heavy atom. The van der Waals surface area contributed by atoms with Crippen LogP contribution >= 0.6 is 15.9 Å². The van der Waals surface area contributed by atoms with E-state index in [-0.39, 0.29) is 18.0 Å². The summed E-state index contributed by atoms with van der Waals surface area (Å²) < 4.78 is 21.7. The third-order valence-corrected chi connectivity index (χ3v) is 5.39. The van der Waals surface area contributed by atoms with E-state index in [0.29, 0.717) is 13.1 Å². The summed E-state index contributed by atoms with van der Waals surface area (Å²) in [7, 11) is 0. The Balaban J connectivity index is 1.73. The number of aryl methyl sites for hydroxylation is 1. The van der Waals surface area contributed by atoms with Crippen LogP contribution in [0.3, 0.4) is 0 Å². The molecule has 0 spiro atoms. The van der Waals surface area contributed by atoms with Gasteiger partial charge in [-0.15, -0.1) is 0 Å². The fourth-order valence-electron chi connectivity index (χ4n) is 3.37. The van der Waals surface area contributed by atoms with Crippen LogP contribution in [0.25, 0.3) is 11.3 Å². The monoisotopic (exact) mass is 437 g/mol. The number of hydrogen-bond acceptors (Lipinski definition) is 3. The highest BCUT2D eigenvalue weighted by Gasteiger charge is 2.29. The molecule has 0 saturated carbocycles. The quantitative estimate of drug-likeness (QED) is 0.637. The van der Waals surface area contributed by atoms with E-state index >= 15 is 0 Å². The van der Waals surface area contributed by atoms with Crippen molar-refractivity contribution in [3.8, 4) is 11.3 Å². The summed E-state index contributed by atoms with van der Waals surface area (Å²) in [6.45, 7) is 8.89. The van der Waals surface area contributed by atoms with Gasteiger partial charge >= 0.3 is 6.09 Å². The predicted molar refractivity (Wildman–Crippen MR) is 106 cm³/mol. The van der Waals surface area contributed by atoms with Crippen LogP contribution in [0.4, 0.5) is 9.18 Å². The highest BCUT2D eigenvalue weighted by Crippen LogP contribution is 2.35. The molecule has 7 heteroatoms. The summed E-state index contributed by atoms with van der Waals surface area (Å²) in [6, 6.07) is 6.60. The number of ether oxygens (including phenoxy) is 1. The molecular formula is C20H25BrFN3O2. The van der Waals surface area contributed by atoms with Gasteiger partial charge in [0.1, 0.15) is 27.5 Å². The molecular weight excluding hydrogens is 413 g/mol. The van der Waals surface area contributed by atoms with Crippen molar-refractivity contribution in [2.75, 3.05) is 13.1 Å². The molecule has 27 heavy (non-hydrogen) atoms. The normalized spacial score (nSPS) is 15.9. The molecule has 2 aromatic rings. The standard InChI is InChI=1S/C20H25BrFN3O2/c1-13-23-17(14-5-7-15(22)8-6-14)18(21)25(13)16-9-11-24(12-10-16)19(26)27-20(2,3)4/h5-8,16H,9-12H2,1-4H3. The third kappa shape index (κ3) is 4.51. The summed E-state index contributed by atoms with van der Waals surface area (Å²) in [6.07, 6.45) is 1.41. The average Bonchev–Trinajstić information content (AvgIpc) is 2.89. The summed E-state index contributed by atoms with van der Waals surface area (Å²) in [5.74, 6) is 0.637. The Kier molecular flexibility index (Phi) is 5.60. The second-order valence-electron chi connectivity index (χ2n) is 7.87. The van der Waals surface area contributed by atoms with E-state index in [0.717, 1.165) is 34.5 Å². The molecule has 1 aliphatic rings. The minimum absolute atomic E-state index is 0.250. The lowest BCUT2D eigenvalue weighted by Gasteiger charge is -2.34. The number of halogens is 2. The van der Waals surface area contributed by atoms with Crippen LogP contribution in [-0.4, -0.2) is 39.2 Å². The van der Waals surface area contributed by atoms with Gasteiger partial charge in [-0.1, -0.05) is 0 Å². The Hall–Kier alpha value is -1.89. The van der Waals surface area contributed by atoms with Crippen LogP contribution < -0.4 is 0 Å². The van der Waals surface area contributed by atoms with E-state index in [1.807, 2.05) is 27.7 Å². The van der Waals surface area contributed by atoms with Crippen LogP contribution in [0, 0.1) is 12.7 Å². The van der Waals surface area contributed by atoms with Gasteiger partial charge in [-0.25, -0.2) is 14.2 Å². The molecule has 0 N–H and O–H groups in total. The van der Waals surface area contributed by atoms with E-state index in [1.54, 1.807) is 17.0 Å². The lowest BCUT2D eigenvalue weighted by Crippen LogP contribution is -2.42. The van der Waals surface area contributed by atoms with E-state index in [1.165, 1.54) is 12.1 Å². The molecule has 0 bridgehead atoms. The number of hydrogen-bond donors (Lipinski definition) is 0. The lowest BCUT2D eigenvalue weighted by atomic mass is 10.0. The van der Waals surface area contributed by atoms with Crippen LogP contribution in [0.5, 0.6) is 0 Å². The number of likely N-dealkylation sites (tertiary alicyclic amines) is 1. The Labute approximate surface area is 167 Å². The molecule has 5 nitrogen and oxygen atoms in total. The van der Waals surface area contributed by atoms with Crippen molar-refractivity contribution in [2.45, 2.75) is 52.2 Å². The predicted octanol–water partition coefficient (Wildman–Crippen LogP) is 5.33. The van der Waals surface area contributed by atoms with Gasteiger partial charge in [-0.2, -0.15) is 0 Å². The topological polar surface area (TPSA) is 47.4 Å². The molecule has 0 atom stereocenters. The number of carbonyl (C=O) groups excluding carboxylic acids is 1. The van der Waals surface area contributed by atoms with Crippen LogP contribution in [0.15, 0.2) is 28.9 Å². The molecule has 146 valence electrons. The minimum atomic E-state index is -0.484. The van der Waals surface area contributed by atoms with Crippen molar-refractivity contribution in [3.63, 3.8) is 0 Å². The van der Waals surface area contributed by atoms with Crippen molar-refractivity contribution in [1.29, 1.82) is 0 Å². The number of aromatic nitrogens is 2. The van der Waals surface area contributed by atoms with Gasteiger partial charge in [0.15, 0.2) is 0 Å². The number of nitrogens with zero attached hydrogens (tertiary/aromatic N) is 3. The molecule has 3 rings (SSSR count). The minimum Gasteiger partial charge on any atom is -0.444 e. The third-order valence-electron chi connectivity index (χ3n) is 4.63. The Bertz CT molecular complexity index is 819. The second kappa shape index (κ2) is 7.62. The van der Waals surface area contributed by atoms with E-state index in [9.17, 15) is 9.18 Å². The van der Waals surface area contributed by atoms with Crippen LogP contribution in [0.1, 0.15) is 45.5 Å². The molecule has 1 aliphatic heterocycles. The SMILES string of the molecule is Cc1nc(-c2ccc(F)cc2)c(Br)n1C1CCN(C(=O)OC(C)(C)C)CC1. The molecule has 1 amide bonds. The number of benzene rings is 1. The lowest BCUT2D eigenvalue weighted by molar-refractivity contribution is 0.0187. The first kappa shape index (κ1) is 19.9. The van der Waals surface area contributed by atoms with Crippen LogP contribution in [0.2, 0.25) is 0 Å². The molecule has 1 saturated heterocycles. The maximum absolute atomic E-state index is 13.2. The van der Waals surface area contributed by atoms with Crippen LogP contribution in [-0.2, 0) is 4.74 Å². The van der Waals surface area contributed by atoms with Gasteiger partial charge in [0.2, 0.25) is 0 Å². The number of carbonyl (C=O) groups is 1. The first-order valence-electron chi connectivity index (χ1n) is 9.14. The number of rotatable bonds is 2. The van der Waals surface area contributed by atoms with E-state index in [4.69, 9.17) is 4.74 Å². The molecule has 0 radical (unpaired) electrons. The number of imidazole rings is 1. The zero-order valence-electron chi connectivity index (χ0n) is 16.1. The van der Waals surface area contributed by atoms with E-state index < -0.39 is 5.60 Å². The molecule has 1 aromatic heterocycles. The van der Waals surface area contributed by atoms with Gasteiger partial charge in [0.05, 0.1) is 0 Å².